The molecule has 10 atom stereocenters. The number of ether oxygens (including phenoxy) is 1. The van der Waals surface area contributed by atoms with Crippen LogP contribution < -0.4 is 54.0 Å². The molecule has 5 rings (SSSR count). The molecule has 10 amide bonds. The SMILES string of the molecule is CCC(C)C1NC(=O)CNC(=O)C2Cc3c([nH]c4cc(O)ccc34)SCC(NC(=O)CNC1=O)C(=O)NC(CC(N)=O)C(=O)N1CC(O)CC1C(=O)NC(C(C)C(O)COC(=O)NCCCCCCN)C(=O)N2. The summed E-state index contributed by atoms with van der Waals surface area (Å²) in [6, 6.07) is -5.26. The molecule has 0 spiro atoms. The lowest BCUT2D eigenvalue weighted by Gasteiger charge is -2.33. The number of fused-ring (bicyclic) bond motifs is 5. The van der Waals surface area contributed by atoms with Crippen molar-refractivity contribution in [2.75, 3.05) is 45.1 Å². The molecule has 4 heterocycles. The summed E-state index contributed by atoms with van der Waals surface area (Å²) in [5, 5.41) is 53.8. The minimum atomic E-state index is -1.79. The van der Waals surface area contributed by atoms with E-state index in [9.17, 15) is 63.3 Å². The molecule has 1 saturated heterocycles. The molecule has 3 aliphatic rings. The zero-order valence-electron chi connectivity index (χ0n) is 41.0. The summed E-state index contributed by atoms with van der Waals surface area (Å²) in [5.74, 6) is -11.0. The summed E-state index contributed by atoms with van der Waals surface area (Å²) in [4.78, 5) is 142. The zero-order chi connectivity index (χ0) is 53.5. The molecule has 26 nitrogen and oxygen atoms in total. The van der Waals surface area contributed by atoms with Crippen LogP contribution in [0.2, 0.25) is 0 Å². The van der Waals surface area contributed by atoms with E-state index >= 15 is 0 Å². The van der Waals surface area contributed by atoms with Gasteiger partial charge in [0.1, 0.15) is 48.6 Å². The fourth-order valence-electron chi connectivity index (χ4n) is 8.57. The lowest BCUT2D eigenvalue weighted by atomic mass is 9.93. The normalized spacial score (nSPS) is 25.3. The van der Waals surface area contributed by atoms with Crippen molar-refractivity contribution in [1.29, 1.82) is 0 Å². The Kier molecular flexibility index (Phi) is 21.0. The molecule has 0 saturated carbocycles. The first-order valence-electron chi connectivity index (χ1n) is 24.3. The van der Waals surface area contributed by atoms with E-state index in [4.69, 9.17) is 16.2 Å². The first kappa shape index (κ1) is 57.2. The molecule has 1 fully saturated rings. The van der Waals surface area contributed by atoms with Gasteiger partial charge >= 0.3 is 6.09 Å². The maximum atomic E-state index is 14.8. The summed E-state index contributed by atoms with van der Waals surface area (Å²) in [6.07, 6.45) is -1.97. The number of primary amides is 1. The smallest absolute Gasteiger partial charge is 0.407 e. The number of aliphatic hydroxyl groups excluding tert-OH is 2. The number of nitrogens with two attached hydrogens (primary N) is 2. The third kappa shape index (κ3) is 15.9. The molecule has 10 unspecified atom stereocenters. The number of phenols is 1. The van der Waals surface area contributed by atoms with Crippen LogP contribution in [0.25, 0.3) is 10.9 Å². The van der Waals surface area contributed by atoms with E-state index < -0.39 is 159 Å². The third-order valence-electron chi connectivity index (χ3n) is 13.0. The second kappa shape index (κ2) is 26.8. The second-order valence-corrected chi connectivity index (χ2v) is 19.5. The molecule has 27 heteroatoms. The number of benzene rings is 1. The molecule has 2 bridgehead atoms. The number of aromatic amines is 1. The number of unbranched alkanes of at least 4 members (excludes halogenated alkanes) is 3. The fourth-order valence-corrected chi connectivity index (χ4v) is 9.69. The Hall–Kier alpha value is -6.71. The number of H-pyrrole nitrogens is 1. The number of nitrogens with one attached hydrogen (secondary N) is 9. The van der Waals surface area contributed by atoms with E-state index in [-0.39, 0.29) is 29.5 Å². The van der Waals surface area contributed by atoms with Crippen molar-refractivity contribution in [3.63, 3.8) is 0 Å². The quantitative estimate of drug-likeness (QED) is 0.0811. The van der Waals surface area contributed by atoms with Crippen LogP contribution >= 0.6 is 11.8 Å². The summed E-state index contributed by atoms with van der Waals surface area (Å²) in [5.41, 5.74) is 11.8. The highest BCUT2D eigenvalue weighted by Gasteiger charge is 2.45. The van der Waals surface area contributed by atoms with Crippen molar-refractivity contribution in [3.05, 3.63) is 23.8 Å². The Bertz CT molecular complexity index is 2370. The van der Waals surface area contributed by atoms with Gasteiger partial charge in [0.25, 0.3) is 0 Å². The number of phenolic OH excluding ortho intramolecular Hbond substituents is 1. The van der Waals surface area contributed by atoms with Gasteiger partial charge in [-0.05, 0) is 43.0 Å². The Labute approximate surface area is 424 Å². The largest absolute Gasteiger partial charge is 0.508 e. The van der Waals surface area contributed by atoms with E-state index in [2.05, 4.69) is 47.5 Å². The van der Waals surface area contributed by atoms with E-state index in [0.717, 1.165) is 35.9 Å². The van der Waals surface area contributed by atoms with Gasteiger partial charge in [-0.15, -0.1) is 11.8 Å². The van der Waals surface area contributed by atoms with Gasteiger partial charge in [-0.2, -0.15) is 0 Å². The monoisotopic (exact) mass is 1040 g/mol. The van der Waals surface area contributed by atoms with Gasteiger partial charge in [0.15, 0.2) is 0 Å². The number of amides is 10. The number of nitrogens with zero attached hydrogens (tertiary/aromatic N) is 1. The molecule has 0 radical (unpaired) electrons. The highest BCUT2D eigenvalue weighted by atomic mass is 32.2. The number of alkyl carbamates (subject to hydrolysis) is 1. The number of rotatable bonds is 14. The van der Waals surface area contributed by atoms with E-state index in [1.807, 2.05) is 0 Å². The van der Waals surface area contributed by atoms with Crippen molar-refractivity contribution in [2.45, 2.75) is 126 Å². The summed E-state index contributed by atoms with van der Waals surface area (Å²) in [6.45, 7) is 3.00. The summed E-state index contributed by atoms with van der Waals surface area (Å²) >= 11 is 0.940. The Balaban J connectivity index is 1.63. The van der Waals surface area contributed by atoms with Gasteiger partial charge in [0.05, 0.1) is 42.3 Å². The molecule has 2 aromatic rings. The lowest BCUT2D eigenvalue weighted by molar-refractivity contribution is -0.144. The van der Waals surface area contributed by atoms with Gasteiger partial charge in [-0.1, -0.05) is 40.0 Å². The van der Waals surface area contributed by atoms with Gasteiger partial charge < -0.3 is 83.9 Å². The van der Waals surface area contributed by atoms with Crippen molar-refractivity contribution in [3.8, 4) is 5.75 Å². The predicted molar refractivity (Wildman–Crippen MR) is 261 cm³/mol. The first-order valence-corrected chi connectivity index (χ1v) is 25.3. The van der Waals surface area contributed by atoms with Crippen LogP contribution in [0.3, 0.4) is 0 Å². The fraction of sp³-hybridized carbons (Fsp3) is 0.609. The van der Waals surface area contributed by atoms with E-state index in [0.29, 0.717) is 35.9 Å². The van der Waals surface area contributed by atoms with Gasteiger partial charge in [0, 0.05) is 49.1 Å². The van der Waals surface area contributed by atoms with Crippen molar-refractivity contribution < 1.29 is 68.0 Å². The number of aromatic nitrogens is 1. The van der Waals surface area contributed by atoms with Crippen LogP contribution in [0.1, 0.15) is 71.3 Å². The molecule has 402 valence electrons. The minimum absolute atomic E-state index is 0.159. The minimum Gasteiger partial charge on any atom is -0.508 e. The number of carbonyl (C=O) groups excluding carboxylic acids is 10. The van der Waals surface area contributed by atoms with Gasteiger partial charge in [-0.3, -0.25) is 43.2 Å². The van der Waals surface area contributed by atoms with Gasteiger partial charge in [0.2, 0.25) is 53.2 Å². The molecular weight excluding hydrogens is 977 g/mol. The number of hydrogen-bond acceptors (Lipinski definition) is 16. The van der Waals surface area contributed by atoms with Crippen LogP contribution in [0.15, 0.2) is 23.2 Å². The molecule has 1 aromatic carbocycles. The summed E-state index contributed by atoms with van der Waals surface area (Å²) in [7, 11) is 0. The van der Waals surface area contributed by atoms with Crippen molar-refractivity contribution in [1.82, 2.24) is 52.4 Å². The maximum absolute atomic E-state index is 14.8. The van der Waals surface area contributed by atoms with E-state index in [1.165, 1.54) is 25.1 Å². The van der Waals surface area contributed by atoms with Crippen molar-refractivity contribution in [2.24, 2.45) is 23.3 Å². The number of thioether (sulfide) groups is 1. The lowest BCUT2D eigenvalue weighted by Crippen LogP contribution is -2.62. The second-order valence-electron chi connectivity index (χ2n) is 18.5. The molecule has 16 N–H and O–H groups in total. The molecular formula is C46H68N12O14S. The number of hydrogen-bond donors (Lipinski definition) is 14. The Morgan fingerprint density at radius 3 is 2.26 bits per heavy atom. The molecule has 3 aliphatic heterocycles. The average Bonchev–Trinajstić information content (AvgIpc) is 3.91. The Morgan fingerprint density at radius 2 is 1.56 bits per heavy atom. The van der Waals surface area contributed by atoms with Crippen LogP contribution in [0.4, 0.5) is 4.79 Å². The van der Waals surface area contributed by atoms with Gasteiger partial charge in [-0.25, -0.2) is 4.79 Å². The predicted octanol–water partition coefficient (Wildman–Crippen LogP) is -3.68. The highest BCUT2D eigenvalue weighted by Crippen LogP contribution is 2.33. The standard InChI is InChI=1S/C46H68N12O14S/c1-4-22(2)37-42(68)51-17-35(63)52-31-21-73-44-27(26-10-9-24(59)13-28(26)55-44)15-29(39(65)50-18-36(64)56-37)53-43(69)38(23(3)33(61)20-72-46(71)49-12-8-6-5-7-11-47)57-41(67)32-14-25(60)19-58(32)45(70)30(16-34(48)62)54-40(31)66/h9-10,13,22-23,25,29-33,37-38,55,59-61H,4-8,11-12,14-21,47H2,1-3H3,(H2,48,62)(H,49,71)(H,50,65)(H,51,68)(H,52,63)(H,53,69)(H,54,66)(H,56,64)(H,57,67). The van der Waals surface area contributed by atoms with E-state index in [1.54, 1.807) is 13.8 Å². The molecule has 0 aliphatic carbocycles. The van der Waals surface area contributed by atoms with Crippen LogP contribution in [0, 0.1) is 11.8 Å². The Morgan fingerprint density at radius 1 is 0.863 bits per heavy atom. The number of aromatic hydroxyl groups is 1. The number of aliphatic hydroxyl groups is 2. The third-order valence-corrected chi connectivity index (χ3v) is 14.1. The number of carbonyl (C=O) groups is 10. The maximum Gasteiger partial charge on any atom is 0.407 e. The molecule has 73 heavy (non-hydrogen) atoms. The van der Waals surface area contributed by atoms with Crippen LogP contribution in [0.5, 0.6) is 5.75 Å². The average molecular weight is 1050 g/mol. The summed E-state index contributed by atoms with van der Waals surface area (Å²) < 4.78 is 5.26. The zero-order valence-corrected chi connectivity index (χ0v) is 41.8. The topological polar surface area (TPSA) is 408 Å². The van der Waals surface area contributed by atoms with Crippen LogP contribution in [-0.4, -0.2) is 178 Å². The van der Waals surface area contributed by atoms with Crippen LogP contribution in [-0.2, 0) is 54.3 Å². The van der Waals surface area contributed by atoms with Crippen molar-refractivity contribution >= 4 is 81.9 Å². The highest BCUT2D eigenvalue weighted by molar-refractivity contribution is 7.99. The first-order chi connectivity index (χ1) is 34.7. The molecule has 1 aromatic heterocycles.